The largest absolute Gasteiger partial charge is 0.370 e. The number of hydrogen-bond acceptors (Lipinski definition) is 5. The summed E-state index contributed by atoms with van der Waals surface area (Å²) in [6.45, 7) is 0.497. The van der Waals surface area contributed by atoms with Crippen LogP contribution in [0.15, 0.2) is 4.99 Å². The normalized spacial score (nSPS) is 37.2. The number of nitrogens with one attached hydrogen (secondary N) is 1. The van der Waals surface area contributed by atoms with E-state index in [0.29, 0.717) is 18.9 Å². The zero-order valence-corrected chi connectivity index (χ0v) is 8.97. The van der Waals surface area contributed by atoms with E-state index in [1.807, 2.05) is 0 Å². The number of hydrogen-bond donors (Lipinski definition) is 2. The molecule has 1 heterocycles. The molecule has 5 nitrogen and oxygen atoms in total. The number of guanidine groups is 1. The van der Waals surface area contributed by atoms with E-state index in [9.17, 15) is 8.42 Å². The van der Waals surface area contributed by atoms with Gasteiger partial charge in [0.05, 0.1) is 17.3 Å². The van der Waals surface area contributed by atoms with Crippen LogP contribution >= 0.6 is 0 Å². The van der Waals surface area contributed by atoms with Crippen LogP contribution < -0.4 is 11.1 Å². The quantitative estimate of drug-likeness (QED) is 0.604. The minimum atomic E-state index is -3.01. The van der Waals surface area contributed by atoms with E-state index >= 15 is 0 Å². The first-order valence-electron chi connectivity index (χ1n) is 4.71. The number of sulfone groups is 1. The Morgan fingerprint density at radius 1 is 1.64 bits per heavy atom. The summed E-state index contributed by atoms with van der Waals surface area (Å²) in [6, 6.07) is 0. The molecule has 1 aliphatic heterocycles. The van der Waals surface area contributed by atoms with Crippen LogP contribution in [0.4, 0.5) is 0 Å². The maximum absolute atomic E-state index is 11.6. The van der Waals surface area contributed by atoms with E-state index in [2.05, 4.69) is 10.3 Å². The van der Waals surface area contributed by atoms with Crippen molar-refractivity contribution in [3.8, 4) is 0 Å². The molecule has 1 spiro atoms. The Bertz CT molecular complexity index is 376. The molecule has 0 aromatic carbocycles. The van der Waals surface area contributed by atoms with E-state index < -0.39 is 15.4 Å². The first-order chi connectivity index (χ1) is 6.44. The molecule has 0 bridgehead atoms. The summed E-state index contributed by atoms with van der Waals surface area (Å²) in [7, 11) is -3.01. The lowest BCUT2D eigenvalue weighted by Crippen LogP contribution is -2.55. The van der Waals surface area contributed by atoms with Crippen molar-refractivity contribution in [1.29, 1.82) is 0 Å². The monoisotopic (exact) mass is 217 g/mol. The van der Waals surface area contributed by atoms with Gasteiger partial charge in [0, 0.05) is 6.26 Å². The topological polar surface area (TPSA) is 84.5 Å². The minimum Gasteiger partial charge on any atom is -0.370 e. The van der Waals surface area contributed by atoms with Crippen molar-refractivity contribution in [2.75, 3.05) is 12.8 Å². The van der Waals surface area contributed by atoms with Crippen molar-refractivity contribution in [2.24, 2.45) is 10.7 Å². The van der Waals surface area contributed by atoms with Crippen LogP contribution in [0.1, 0.15) is 19.3 Å². The first kappa shape index (κ1) is 9.76. The molecule has 14 heavy (non-hydrogen) atoms. The predicted molar refractivity (Wildman–Crippen MR) is 54.8 cm³/mol. The molecule has 2 atom stereocenters. The zero-order valence-electron chi connectivity index (χ0n) is 8.16. The predicted octanol–water partition coefficient (Wildman–Crippen LogP) is -0.760. The Morgan fingerprint density at radius 3 is 2.86 bits per heavy atom. The van der Waals surface area contributed by atoms with Crippen LogP contribution in [-0.2, 0) is 9.84 Å². The molecule has 1 aliphatic carbocycles. The molecule has 80 valence electrons. The third-order valence-corrected chi connectivity index (χ3v) is 4.85. The van der Waals surface area contributed by atoms with E-state index in [4.69, 9.17) is 5.73 Å². The Kier molecular flexibility index (Phi) is 1.99. The molecule has 0 radical (unpaired) electrons. The standard InChI is InChI=1S/C8H15N3O2S/c1-14(12,13)6-3-2-4-8(6)5-10-7(9)11-8/h6H,2-5H2,1H3,(H3,9,10,11). The summed E-state index contributed by atoms with van der Waals surface area (Å²) >= 11 is 0. The number of rotatable bonds is 1. The lowest BCUT2D eigenvalue weighted by Gasteiger charge is -2.29. The molecule has 2 unspecified atom stereocenters. The van der Waals surface area contributed by atoms with Crippen molar-refractivity contribution in [3.63, 3.8) is 0 Å². The van der Waals surface area contributed by atoms with Crippen LogP contribution in [-0.4, -0.2) is 38.0 Å². The molecule has 0 aromatic heterocycles. The fourth-order valence-electron chi connectivity index (χ4n) is 2.55. The number of aliphatic imine (C=N–C) groups is 1. The molecule has 0 aromatic rings. The second-order valence-corrected chi connectivity index (χ2v) is 6.42. The molecule has 0 amide bonds. The maximum Gasteiger partial charge on any atom is 0.189 e. The van der Waals surface area contributed by atoms with Crippen LogP contribution in [0.25, 0.3) is 0 Å². The molecule has 2 aliphatic rings. The van der Waals surface area contributed by atoms with Gasteiger partial charge in [-0.25, -0.2) is 8.42 Å². The van der Waals surface area contributed by atoms with Crippen molar-refractivity contribution in [2.45, 2.75) is 30.1 Å². The van der Waals surface area contributed by atoms with E-state index in [0.717, 1.165) is 12.8 Å². The molecule has 0 saturated heterocycles. The van der Waals surface area contributed by atoms with E-state index in [1.165, 1.54) is 6.26 Å². The SMILES string of the molecule is CS(=O)(=O)C1CCCC12CN=C(N)N2. The summed E-state index contributed by atoms with van der Waals surface area (Å²) in [6.07, 6.45) is 3.78. The van der Waals surface area contributed by atoms with Gasteiger partial charge < -0.3 is 11.1 Å². The average molecular weight is 217 g/mol. The third-order valence-electron chi connectivity index (χ3n) is 3.13. The van der Waals surface area contributed by atoms with Crippen LogP contribution in [0.5, 0.6) is 0 Å². The molecular formula is C8H15N3O2S. The molecular weight excluding hydrogens is 202 g/mol. The van der Waals surface area contributed by atoms with E-state index in [1.54, 1.807) is 0 Å². The van der Waals surface area contributed by atoms with Crippen molar-refractivity contribution >= 4 is 15.8 Å². The smallest absolute Gasteiger partial charge is 0.189 e. The molecule has 3 N–H and O–H groups in total. The second kappa shape index (κ2) is 2.85. The lowest BCUT2D eigenvalue weighted by molar-refractivity contribution is 0.421. The van der Waals surface area contributed by atoms with Gasteiger partial charge in [-0.15, -0.1) is 0 Å². The highest BCUT2D eigenvalue weighted by atomic mass is 32.2. The van der Waals surface area contributed by atoms with Crippen molar-refractivity contribution < 1.29 is 8.42 Å². The minimum absolute atomic E-state index is 0.334. The van der Waals surface area contributed by atoms with Gasteiger partial charge in [-0.3, -0.25) is 4.99 Å². The summed E-state index contributed by atoms with van der Waals surface area (Å²) in [5.41, 5.74) is 5.13. The van der Waals surface area contributed by atoms with Crippen LogP contribution in [0.3, 0.4) is 0 Å². The fraction of sp³-hybridized carbons (Fsp3) is 0.875. The molecule has 1 saturated carbocycles. The zero-order chi connectivity index (χ0) is 10.4. The highest BCUT2D eigenvalue weighted by Crippen LogP contribution is 2.36. The Morgan fingerprint density at radius 2 is 2.36 bits per heavy atom. The van der Waals surface area contributed by atoms with Gasteiger partial charge in [-0.2, -0.15) is 0 Å². The Hall–Kier alpha value is -0.780. The summed E-state index contributed by atoms with van der Waals surface area (Å²) < 4.78 is 23.1. The second-order valence-electron chi connectivity index (χ2n) is 4.19. The van der Waals surface area contributed by atoms with Crippen LogP contribution in [0, 0.1) is 0 Å². The van der Waals surface area contributed by atoms with Gasteiger partial charge in [0.15, 0.2) is 15.8 Å². The third kappa shape index (κ3) is 1.37. The van der Waals surface area contributed by atoms with Gasteiger partial charge in [0.25, 0.3) is 0 Å². The summed E-state index contributed by atoms with van der Waals surface area (Å²) in [5.74, 6) is 0.376. The summed E-state index contributed by atoms with van der Waals surface area (Å²) in [4.78, 5) is 4.05. The first-order valence-corrected chi connectivity index (χ1v) is 6.66. The van der Waals surface area contributed by atoms with E-state index in [-0.39, 0.29) is 5.25 Å². The van der Waals surface area contributed by atoms with Gasteiger partial charge in [0.2, 0.25) is 0 Å². The molecule has 6 heteroatoms. The lowest BCUT2D eigenvalue weighted by atomic mass is 9.99. The fourth-order valence-corrected chi connectivity index (χ4v) is 4.21. The number of nitrogens with zero attached hydrogens (tertiary/aromatic N) is 1. The van der Waals surface area contributed by atoms with Gasteiger partial charge in [-0.1, -0.05) is 0 Å². The maximum atomic E-state index is 11.6. The van der Waals surface area contributed by atoms with Gasteiger partial charge in [-0.05, 0) is 19.3 Å². The number of nitrogens with two attached hydrogens (primary N) is 1. The Balaban J connectivity index is 2.29. The van der Waals surface area contributed by atoms with Gasteiger partial charge >= 0.3 is 0 Å². The molecule has 1 fully saturated rings. The summed E-state index contributed by atoms with van der Waals surface area (Å²) in [5, 5.41) is 2.70. The van der Waals surface area contributed by atoms with Gasteiger partial charge in [0.1, 0.15) is 0 Å². The van der Waals surface area contributed by atoms with Crippen LogP contribution in [0.2, 0.25) is 0 Å². The van der Waals surface area contributed by atoms with Crippen molar-refractivity contribution in [1.82, 2.24) is 5.32 Å². The highest BCUT2D eigenvalue weighted by molar-refractivity contribution is 7.91. The van der Waals surface area contributed by atoms with Crippen molar-refractivity contribution in [3.05, 3.63) is 0 Å². The highest BCUT2D eigenvalue weighted by Gasteiger charge is 2.50. The Labute approximate surface area is 83.7 Å². The average Bonchev–Trinajstić information content (AvgIpc) is 2.59. The molecule has 2 rings (SSSR count).